The van der Waals surface area contributed by atoms with Gasteiger partial charge in [0.1, 0.15) is 18.3 Å². The first kappa shape index (κ1) is 25.6. The molecule has 3 aromatic rings. The van der Waals surface area contributed by atoms with Gasteiger partial charge >= 0.3 is 11.3 Å². The molecular weight excluding hydrogens is 500 g/mol. The van der Waals surface area contributed by atoms with Crippen LogP contribution in [0, 0.1) is 0 Å². The Labute approximate surface area is 216 Å². The molecule has 1 unspecified atom stereocenters. The van der Waals surface area contributed by atoms with Crippen LogP contribution in [-0.2, 0) is 23.2 Å². The summed E-state index contributed by atoms with van der Waals surface area (Å²) in [6.45, 7) is 2.29. The number of primary amides is 1. The number of ether oxygens (including phenoxy) is 1. The monoisotopic (exact) mass is 525 g/mol. The molecule has 1 aliphatic rings. The summed E-state index contributed by atoms with van der Waals surface area (Å²) >= 11 is 5.64. The lowest BCUT2D eigenvalue weighted by Crippen LogP contribution is -2.44. The van der Waals surface area contributed by atoms with Gasteiger partial charge in [-0.15, -0.1) is 0 Å². The molecule has 0 radical (unpaired) electrons. The number of benzene rings is 2. The maximum absolute atomic E-state index is 13.6. The van der Waals surface area contributed by atoms with Gasteiger partial charge in [-0.1, -0.05) is 4.68 Å². The van der Waals surface area contributed by atoms with Crippen LogP contribution in [0.5, 0.6) is 5.75 Å². The minimum atomic E-state index is -0.988. The second-order valence-electron chi connectivity index (χ2n) is 8.21. The van der Waals surface area contributed by atoms with E-state index in [0.717, 1.165) is 0 Å². The third kappa shape index (κ3) is 5.35. The molecule has 3 amide bonds. The average molecular weight is 526 g/mol. The van der Waals surface area contributed by atoms with Gasteiger partial charge in [0.15, 0.2) is 12.2 Å². The Morgan fingerprint density at radius 3 is 2.41 bits per heavy atom. The van der Waals surface area contributed by atoms with E-state index in [1.807, 2.05) is 6.92 Å². The maximum Gasteiger partial charge on any atom is 0.431 e. The topological polar surface area (TPSA) is 155 Å². The molecule has 1 aliphatic heterocycles. The summed E-state index contributed by atoms with van der Waals surface area (Å²) in [7, 11) is 1.59. The van der Waals surface area contributed by atoms with Crippen LogP contribution < -0.4 is 31.0 Å². The van der Waals surface area contributed by atoms with Gasteiger partial charge in [-0.05, 0) is 72.9 Å². The van der Waals surface area contributed by atoms with Gasteiger partial charge in [0, 0.05) is 11.3 Å². The van der Waals surface area contributed by atoms with Crippen molar-refractivity contribution in [2.75, 3.05) is 16.8 Å². The van der Waals surface area contributed by atoms with E-state index in [1.54, 1.807) is 31.3 Å². The first-order valence-corrected chi connectivity index (χ1v) is 11.7. The summed E-state index contributed by atoms with van der Waals surface area (Å²) in [6.07, 6.45) is -0.246. The second kappa shape index (κ2) is 10.6. The molecular formula is C24H25N6O6S+. The van der Waals surface area contributed by atoms with Crippen molar-refractivity contribution in [3.05, 3.63) is 70.2 Å². The molecule has 2 heterocycles. The Bertz CT molecular complexity index is 1400. The Kier molecular flexibility index (Phi) is 7.34. The molecule has 12 nitrogen and oxygen atoms in total. The van der Waals surface area contributed by atoms with Crippen molar-refractivity contribution in [1.82, 2.24) is 10.2 Å². The number of hydrogen-bond acceptors (Lipinski definition) is 7. The first-order chi connectivity index (χ1) is 17.7. The number of aromatic nitrogens is 2. The standard InChI is InChI=1S/C24H24N6O6S/c1-3-35-17-10-8-16(9-11-17)30-22(33)18(29(24(30)37)13-19-23(34)36-27-28(19)2)12-20(31)26-15-6-4-14(5-7-15)21(25)32/h4-11,18H,3,12-13H2,1-2H3,(H3-,25,26,27,31,32,34)/p+1. The third-order valence-electron chi connectivity index (χ3n) is 5.79. The highest BCUT2D eigenvalue weighted by Crippen LogP contribution is 2.29. The van der Waals surface area contributed by atoms with Gasteiger partial charge in [0.2, 0.25) is 11.8 Å². The van der Waals surface area contributed by atoms with Crippen LogP contribution in [0.4, 0.5) is 11.4 Å². The predicted octanol–water partition coefficient (Wildman–Crippen LogP) is 0.821. The molecule has 0 saturated carbocycles. The van der Waals surface area contributed by atoms with E-state index in [4.69, 9.17) is 27.2 Å². The largest absolute Gasteiger partial charge is 0.494 e. The molecule has 0 aliphatic carbocycles. The Morgan fingerprint density at radius 2 is 1.84 bits per heavy atom. The molecule has 0 spiro atoms. The molecule has 1 saturated heterocycles. The number of anilines is 2. The summed E-state index contributed by atoms with van der Waals surface area (Å²) < 4.78 is 11.7. The Balaban J connectivity index is 1.59. The van der Waals surface area contributed by atoms with Gasteiger partial charge in [-0.3, -0.25) is 23.8 Å². The first-order valence-electron chi connectivity index (χ1n) is 11.3. The normalized spacial score (nSPS) is 15.2. The highest BCUT2D eigenvalue weighted by atomic mass is 32.1. The molecule has 4 N–H and O–H groups in total. The maximum atomic E-state index is 13.6. The highest BCUT2D eigenvalue weighted by molar-refractivity contribution is 7.80. The zero-order chi connectivity index (χ0) is 26.7. The lowest BCUT2D eigenvalue weighted by molar-refractivity contribution is -0.746. The van der Waals surface area contributed by atoms with Crippen LogP contribution in [0.15, 0.2) is 57.8 Å². The summed E-state index contributed by atoms with van der Waals surface area (Å²) in [5, 5.41) is 5.28. The fourth-order valence-corrected chi connectivity index (χ4v) is 4.29. The minimum Gasteiger partial charge on any atom is -0.494 e. The third-order valence-corrected chi connectivity index (χ3v) is 6.21. The number of aromatic amines is 1. The lowest BCUT2D eigenvalue weighted by Gasteiger charge is -2.21. The fraction of sp³-hybridized carbons (Fsp3) is 0.250. The van der Waals surface area contributed by atoms with E-state index in [1.165, 1.54) is 38.7 Å². The molecule has 4 rings (SSSR count). The number of aryl methyl sites for hydroxylation is 1. The molecule has 1 fully saturated rings. The van der Waals surface area contributed by atoms with Crippen molar-refractivity contribution in [3.8, 4) is 5.75 Å². The number of nitrogens with zero attached hydrogens (tertiary/aromatic N) is 3. The zero-order valence-corrected chi connectivity index (χ0v) is 20.9. The predicted molar refractivity (Wildman–Crippen MR) is 136 cm³/mol. The van der Waals surface area contributed by atoms with Crippen molar-refractivity contribution >= 4 is 46.4 Å². The highest BCUT2D eigenvalue weighted by Gasteiger charge is 2.45. The van der Waals surface area contributed by atoms with E-state index >= 15 is 0 Å². The van der Waals surface area contributed by atoms with Gasteiger partial charge in [-0.2, -0.15) is 0 Å². The molecule has 1 aromatic heterocycles. The smallest absolute Gasteiger partial charge is 0.431 e. The van der Waals surface area contributed by atoms with Crippen molar-refractivity contribution in [1.29, 1.82) is 0 Å². The molecule has 2 aromatic carbocycles. The summed E-state index contributed by atoms with van der Waals surface area (Å²) in [5.74, 6) is -0.834. The molecule has 37 heavy (non-hydrogen) atoms. The zero-order valence-electron chi connectivity index (χ0n) is 20.1. The van der Waals surface area contributed by atoms with Crippen molar-refractivity contribution in [2.24, 2.45) is 12.8 Å². The minimum absolute atomic E-state index is 0.0638. The number of nitrogens with one attached hydrogen (secondary N) is 2. The van der Waals surface area contributed by atoms with E-state index in [2.05, 4.69) is 10.6 Å². The molecule has 0 bridgehead atoms. The van der Waals surface area contributed by atoms with Crippen LogP contribution in [0.25, 0.3) is 0 Å². The van der Waals surface area contributed by atoms with Crippen molar-refractivity contribution < 1.29 is 28.3 Å². The number of nitrogens with two attached hydrogens (primary N) is 1. The number of carbonyl (C=O) groups excluding carboxylic acids is 3. The molecule has 192 valence electrons. The number of thiocarbonyl (C=S) groups is 1. The number of rotatable bonds is 9. The second-order valence-corrected chi connectivity index (χ2v) is 8.57. The lowest BCUT2D eigenvalue weighted by atomic mass is 10.1. The van der Waals surface area contributed by atoms with E-state index in [9.17, 15) is 19.2 Å². The van der Waals surface area contributed by atoms with E-state index in [-0.39, 0.29) is 23.8 Å². The summed E-state index contributed by atoms with van der Waals surface area (Å²) in [6, 6.07) is 11.9. The Morgan fingerprint density at radius 1 is 1.16 bits per heavy atom. The Hall–Kier alpha value is -4.52. The van der Waals surface area contributed by atoms with E-state index < -0.39 is 29.4 Å². The number of amides is 3. The van der Waals surface area contributed by atoms with Crippen LogP contribution in [-0.4, -0.2) is 45.7 Å². The average Bonchev–Trinajstić information content (AvgIpc) is 3.30. The summed E-state index contributed by atoms with van der Waals surface area (Å²) in [4.78, 5) is 52.8. The van der Waals surface area contributed by atoms with Gasteiger partial charge in [-0.25, -0.2) is 4.79 Å². The number of H-pyrrole nitrogens is 1. The van der Waals surface area contributed by atoms with Gasteiger partial charge < -0.3 is 20.7 Å². The van der Waals surface area contributed by atoms with Crippen LogP contribution >= 0.6 is 12.2 Å². The van der Waals surface area contributed by atoms with Gasteiger partial charge in [0.25, 0.3) is 5.91 Å². The van der Waals surface area contributed by atoms with Crippen LogP contribution in [0.2, 0.25) is 0 Å². The fourth-order valence-electron chi connectivity index (χ4n) is 3.91. The van der Waals surface area contributed by atoms with Crippen molar-refractivity contribution in [2.45, 2.75) is 25.9 Å². The quantitative estimate of drug-likeness (QED) is 0.274. The molecule has 13 heteroatoms. The van der Waals surface area contributed by atoms with Crippen molar-refractivity contribution in [3.63, 3.8) is 0 Å². The number of hydrogen-bond donors (Lipinski definition) is 3. The number of carbonyl (C=O) groups is 3. The SMILES string of the molecule is CCOc1ccc(N2C(=O)C(CC(=O)Nc3ccc(C(N)=O)cc3)N(Cc3c(=O)o[nH][n+]3C)C2=S)cc1. The summed E-state index contributed by atoms with van der Waals surface area (Å²) in [5.41, 5.74) is 6.08. The molecule has 1 atom stereocenters. The van der Waals surface area contributed by atoms with Gasteiger partial charge in [0.05, 0.1) is 18.7 Å². The van der Waals surface area contributed by atoms with Crippen LogP contribution in [0.1, 0.15) is 29.4 Å². The van der Waals surface area contributed by atoms with E-state index in [0.29, 0.717) is 29.3 Å². The van der Waals surface area contributed by atoms with Crippen LogP contribution in [0.3, 0.4) is 0 Å².